The highest BCUT2D eigenvalue weighted by Crippen LogP contribution is 2.47. The summed E-state index contributed by atoms with van der Waals surface area (Å²) in [6.45, 7) is 6.51. The van der Waals surface area contributed by atoms with Crippen molar-refractivity contribution in [2.24, 2.45) is 22.1 Å². The standard InChI is InChI=1S/C22H36N2O5/c1-14-7-5-9-15(2)18(26)19-16(22(20(27)28-4)11-12-23-24-22)13-17(25)21(3,29-19)10-6-8-14/h8,15-19,25-26H,5-7,9-13H2,1-4H3/b14-8+/t15-,16+,17+,18-,19+,21-,22-/m0/s1. The molecule has 0 saturated carbocycles. The molecular formula is C22H36N2O5. The molecule has 0 aromatic rings. The number of esters is 1. The monoisotopic (exact) mass is 408 g/mol. The fraction of sp³-hybridized carbons (Fsp3) is 0.864. The van der Waals surface area contributed by atoms with Crippen molar-refractivity contribution >= 4 is 5.97 Å². The number of carbonyl (C=O) groups excluding carboxylic acids is 1. The van der Waals surface area contributed by atoms with Crippen LogP contribution in [0.25, 0.3) is 0 Å². The van der Waals surface area contributed by atoms with Crippen molar-refractivity contribution in [2.45, 2.75) is 95.2 Å². The van der Waals surface area contributed by atoms with Gasteiger partial charge in [-0.15, -0.1) is 0 Å². The molecule has 7 heteroatoms. The van der Waals surface area contributed by atoms with Gasteiger partial charge >= 0.3 is 5.97 Å². The number of methoxy groups -OCH3 is 1. The maximum atomic E-state index is 12.8. The average molecular weight is 409 g/mol. The Kier molecular flexibility index (Phi) is 6.81. The summed E-state index contributed by atoms with van der Waals surface area (Å²) in [6, 6.07) is 0. The molecule has 2 bridgehead atoms. The summed E-state index contributed by atoms with van der Waals surface area (Å²) in [4.78, 5) is 12.8. The van der Waals surface area contributed by atoms with Crippen molar-refractivity contribution in [3.63, 3.8) is 0 Å². The molecule has 0 unspecified atom stereocenters. The van der Waals surface area contributed by atoms with Gasteiger partial charge in [-0.3, -0.25) is 0 Å². The zero-order chi connectivity index (χ0) is 21.2. The first kappa shape index (κ1) is 22.4. The largest absolute Gasteiger partial charge is 0.467 e. The van der Waals surface area contributed by atoms with Crippen LogP contribution >= 0.6 is 0 Å². The number of ether oxygens (including phenoxy) is 2. The lowest BCUT2D eigenvalue weighted by atomic mass is 9.68. The van der Waals surface area contributed by atoms with Crippen molar-refractivity contribution < 1.29 is 24.5 Å². The Labute approximate surface area is 173 Å². The van der Waals surface area contributed by atoms with Crippen LogP contribution in [0.2, 0.25) is 0 Å². The molecule has 1 fully saturated rings. The number of aliphatic hydroxyl groups is 2. The smallest absolute Gasteiger partial charge is 0.336 e. The van der Waals surface area contributed by atoms with Gasteiger partial charge in [-0.1, -0.05) is 18.6 Å². The number of hydrogen-bond acceptors (Lipinski definition) is 7. The van der Waals surface area contributed by atoms with E-state index in [1.54, 1.807) is 0 Å². The van der Waals surface area contributed by atoms with Gasteiger partial charge in [0.05, 0.1) is 37.6 Å². The van der Waals surface area contributed by atoms with Gasteiger partial charge in [-0.25, -0.2) is 4.79 Å². The highest BCUT2D eigenvalue weighted by molar-refractivity contribution is 5.82. The van der Waals surface area contributed by atoms with E-state index in [9.17, 15) is 15.0 Å². The number of hydrogen-bond donors (Lipinski definition) is 2. The van der Waals surface area contributed by atoms with Crippen molar-refractivity contribution in [3.05, 3.63) is 11.6 Å². The maximum Gasteiger partial charge on any atom is 0.336 e. The van der Waals surface area contributed by atoms with E-state index >= 15 is 0 Å². The highest BCUT2D eigenvalue weighted by atomic mass is 16.5. The first-order chi connectivity index (χ1) is 13.7. The number of allylic oxidation sites excluding steroid dienone is 2. The minimum Gasteiger partial charge on any atom is -0.467 e. The van der Waals surface area contributed by atoms with Crippen LogP contribution in [0.5, 0.6) is 0 Å². The van der Waals surface area contributed by atoms with E-state index in [1.165, 1.54) is 12.7 Å². The van der Waals surface area contributed by atoms with E-state index in [2.05, 4.69) is 23.2 Å². The Morgan fingerprint density at radius 2 is 2.10 bits per heavy atom. The van der Waals surface area contributed by atoms with Gasteiger partial charge in [0.2, 0.25) is 0 Å². The molecule has 2 N–H and O–H groups in total. The van der Waals surface area contributed by atoms with Gasteiger partial charge in [0.15, 0.2) is 5.54 Å². The third-order valence-electron chi connectivity index (χ3n) is 7.26. The molecule has 0 aliphatic carbocycles. The number of rotatable bonds is 2. The second-order valence-corrected chi connectivity index (χ2v) is 9.33. The predicted molar refractivity (Wildman–Crippen MR) is 108 cm³/mol. The molecule has 3 rings (SSSR count). The van der Waals surface area contributed by atoms with Gasteiger partial charge in [-0.2, -0.15) is 10.2 Å². The third kappa shape index (κ3) is 4.28. The number of nitrogens with zero attached hydrogens (tertiary/aromatic N) is 2. The molecule has 3 aliphatic heterocycles. The predicted octanol–water partition coefficient (Wildman–Crippen LogP) is 3.19. The maximum absolute atomic E-state index is 12.8. The molecule has 0 amide bonds. The average Bonchev–Trinajstić information content (AvgIpc) is 3.18. The summed E-state index contributed by atoms with van der Waals surface area (Å²) in [5, 5.41) is 30.7. The van der Waals surface area contributed by atoms with Crippen molar-refractivity contribution in [3.8, 4) is 0 Å². The van der Waals surface area contributed by atoms with Crippen LogP contribution in [0.15, 0.2) is 21.9 Å². The van der Waals surface area contributed by atoms with Crippen LogP contribution in [0.1, 0.15) is 65.7 Å². The Morgan fingerprint density at radius 3 is 2.76 bits per heavy atom. The van der Waals surface area contributed by atoms with Crippen LogP contribution < -0.4 is 0 Å². The molecule has 29 heavy (non-hydrogen) atoms. The summed E-state index contributed by atoms with van der Waals surface area (Å²) in [7, 11) is 1.34. The minimum atomic E-state index is -1.20. The van der Waals surface area contributed by atoms with E-state index < -0.39 is 41.3 Å². The Hall–Kier alpha value is -1.31. The fourth-order valence-corrected chi connectivity index (χ4v) is 5.18. The molecule has 7 atom stereocenters. The van der Waals surface area contributed by atoms with Crippen molar-refractivity contribution in [2.75, 3.05) is 13.7 Å². The van der Waals surface area contributed by atoms with Gasteiger partial charge in [0.25, 0.3) is 0 Å². The Morgan fingerprint density at radius 1 is 1.34 bits per heavy atom. The van der Waals surface area contributed by atoms with Crippen LogP contribution in [0.4, 0.5) is 0 Å². The number of aliphatic hydroxyl groups excluding tert-OH is 2. The second-order valence-electron chi connectivity index (χ2n) is 9.33. The van der Waals surface area contributed by atoms with Gasteiger partial charge < -0.3 is 19.7 Å². The molecule has 3 aliphatic rings. The summed E-state index contributed by atoms with van der Waals surface area (Å²) < 4.78 is 11.6. The molecule has 1 saturated heterocycles. The summed E-state index contributed by atoms with van der Waals surface area (Å²) in [5.41, 5.74) is -0.646. The van der Waals surface area contributed by atoms with E-state index in [4.69, 9.17) is 9.47 Å². The van der Waals surface area contributed by atoms with Gasteiger partial charge in [0.1, 0.15) is 0 Å². The van der Waals surface area contributed by atoms with Crippen LogP contribution in [-0.4, -0.2) is 59.3 Å². The van der Waals surface area contributed by atoms with Crippen LogP contribution in [0.3, 0.4) is 0 Å². The molecule has 0 aromatic carbocycles. The SMILES string of the molecule is COC(=O)[C@@]1([C@@H]2C[C@@H](O)[C@]3(C)CC/C=C(\C)CCC[C@H](C)[C@H](O)[C@@H]2O3)CCN=N1. The van der Waals surface area contributed by atoms with Gasteiger partial charge in [-0.05, 0) is 58.3 Å². The first-order valence-corrected chi connectivity index (χ1v) is 10.9. The van der Waals surface area contributed by atoms with E-state index in [0.717, 1.165) is 25.7 Å². The molecule has 0 aromatic heterocycles. The van der Waals surface area contributed by atoms with Crippen molar-refractivity contribution in [1.29, 1.82) is 0 Å². The Balaban J connectivity index is 1.99. The lowest BCUT2D eigenvalue weighted by Gasteiger charge is -2.51. The number of fused-ring (bicyclic) bond motifs is 2. The Bertz CT molecular complexity index is 666. The summed E-state index contributed by atoms with van der Waals surface area (Å²) >= 11 is 0. The zero-order valence-electron chi connectivity index (χ0n) is 18.1. The highest BCUT2D eigenvalue weighted by Gasteiger charge is 2.59. The molecule has 7 nitrogen and oxygen atoms in total. The number of carbonyl (C=O) groups is 1. The minimum absolute atomic E-state index is 0.00209. The van der Waals surface area contributed by atoms with E-state index in [1.807, 2.05) is 13.8 Å². The van der Waals surface area contributed by atoms with Crippen LogP contribution in [-0.2, 0) is 14.3 Å². The lowest BCUT2D eigenvalue weighted by molar-refractivity contribution is -0.245. The topological polar surface area (TPSA) is 101 Å². The quantitative estimate of drug-likeness (QED) is 0.540. The van der Waals surface area contributed by atoms with Crippen LogP contribution in [0, 0.1) is 11.8 Å². The van der Waals surface area contributed by atoms with E-state index in [0.29, 0.717) is 25.8 Å². The van der Waals surface area contributed by atoms with Gasteiger partial charge in [0, 0.05) is 12.3 Å². The third-order valence-corrected chi connectivity index (χ3v) is 7.26. The summed E-state index contributed by atoms with van der Waals surface area (Å²) in [5.74, 6) is -0.947. The normalized spacial score (nSPS) is 45.6. The summed E-state index contributed by atoms with van der Waals surface area (Å²) in [6.07, 6.45) is 5.17. The number of azo groups is 1. The molecule has 164 valence electrons. The molecule has 0 spiro atoms. The lowest BCUT2D eigenvalue weighted by Crippen LogP contribution is -2.63. The second kappa shape index (κ2) is 8.82. The van der Waals surface area contributed by atoms with Crippen molar-refractivity contribution in [1.82, 2.24) is 0 Å². The molecular weight excluding hydrogens is 372 g/mol. The molecule has 3 heterocycles. The van der Waals surface area contributed by atoms with E-state index in [-0.39, 0.29) is 5.92 Å². The zero-order valence-corrected chi connectivity index (χ0v) is 18.1. The first-order valence-electron chi connectivity index (χ1n) is 10.9. The molecule has 0 radical (unpaired) electrons. The fourth-order valence-electron chi connectivity index (χ4n) is 5.18.